The van der Waals surface area contributed by atoms with Gasteiger partial charge in [0, 0.05) is 27.1 Å². The minimum atomic E-state index is -0.835. The zero-order valence-corrected chi connectivity index (χ0v) is 13.4. The van der Waals surface area contributed by atoms with Gasteiger partial charge in [-0.25, -0.2) is 0 Å². The van der Waals surface area contributed by atoms with Crippen molar-refractivity contribution < 1.29 is 14.7 Å². The van der Waals surface area contributed by atoms with E-state index in [9.17, 15) is 9.59 Å². The Labute approximate surface area is 128 Å². The lowest BCUT2D eigenvalue weighted by molar-refractivity contribution is -0.142. The quantitative estimate of drug-likeness (QED) is 0.843. The van der Waals surface area contributed by atoms with Crippen molar-refractivity contribution in [3.63, 3.8) is 0 Å². The van der Waals surface area contributed by atoms with E-state index in [4.69, 9.17) is 5.11 Å². The lowest BCUT2D eigenvalue weighted by atomic mass is 10.0. The lowest BCUT2D eigenvalue weighted by Gasteiger charge is -2.23. The Bertz CT molecular complexity index is 512. The molecule has 0 radical (unpaired) electrons. The summed E-state index contributed by atoms with van der Waals surface area (Å²) in [5.74, 6) is -1.43. The first-order valence-electron chi connectivity index (χ1n) is 5.90. The summed E-state index contributed by atoms with van der Waals surface area (Å²) < 4.78 is 1.62. The van der Waals surface area contributed by atoms with Gasteiger partial charge in [-0.1, -0.05) is 31.9 Å². The molecule has 2 unspecified atom stereocenters. The highest BCUT2D eigenvalue weighted by atomic mass is 79.9. The van der Waals surface area contributed by atoms with Gasteiger partial charge in [0.1, 0.15) is 0 Å². The van der Waals surface area contributed by atoms with E-state index in [1.54, 1.807) is 24.0 Å². The molecule has 102 valence electrons. The summed E-state index contributed by atoms with van der Waals surface area (Å²) >= 11 is 6.69. The highest BCUT2D eigenvalue weighted by molar-refractivity contribution is 9.11. The van der Waals surface area contributed by atoms with Gasteiger partial charge in [0.05, 0.1) is 5.92 Å². The zero-order valence-electron chi connectivity index (χ0n) is 10.3. The van der Waals surface area contributed by atoms with Crippen molar-refractivity contribution in [2.24, 2.45) is 5.92 Å². The highest BCUT2D eigenvalue weighted by Crippen LogP contribution is 2.28. The standard InChI is InChI=1S/C13H13Br2NO3/c1-7-11(13(18)19)2-3-16(7)12(17)8-4-9(14)6-10(15)5-8/h4-7,11H,2-3H2,1H3,(H,18,19). The smallest absolute Gasteiger partial charge is 0.308 e. The van der Waals surface area contributed by atoms with E-state index in [0.717, 1.165) is 8.95 Å². The second kappa shape index (κ2) is 5.63. The molecule has 19 heavy (non-hydrogen) atoms. The van der Waals surface area contributed by atoms with Crippen molar-refractivity contribution in [2.75, 3.05) is 6.54 Å². The van der Waals surface area contributed by atoms with Crippen LogP contribution in [0, 0.1) is 5.92 Å². The van der Waals surface area contributed by atoms with Gasteiger partial charge in [-0.3, -0.25) is 9.59 Å². The fraction of sp³-hybridized carbons (Fsp3) is 0.385. The van der Waals surface area contributed by atoms with Crippen LogP contribution >= 0.6 is 31.9 Å². The number of carboxylic acids is 1. The van der Waals surface area contributed by atoms with Crippen molar-refractivity contribution in [1.82, 2.24) is 4.90 Å². The number of carbonyl (C=O) groups is 2. The molecule has 6 heteroatoms. The molecular formula is C13H13Br2NO3. The van der Waals surface area contributed by atoms with E-state index in [2.05, 4.69) is 31.9 Å². The summed E-state index contributed by atoms with van der Waals surface area (Å²) in [6.45, 7) is 2.28. The average Bonchev–Trinajstić information content (AvgIpc) is 2.69. The SMILES string of the molecule is CC1C(C(=O)O)CCN1C(=O)c1cc(Br)cc(Br)c1. The molecule has 1 amide bonds. The number of rotatable bonds is 2. The van der Waals surface area contributed by atoms with Crippen LogP contribution in [0.1, 0.15) is 23.7 Å². The Hall–Kier alpha value is -0.880. The van der Waals surface area contributed by atoms with Crippen molar-refractivity contribution in [1.29, 1.82) is 0 Å². The monoisotopic (exact) mass is 389 g/mol. The molecular weight excluding hydrogens is 378 g/mol. The number of hydrogen-bond donors (Lipinski definition) is 1. The molecule has 1 aromatic rings. The average molecular weight is 391 g/mol. The summed E-state index contributed by atoms with van der Waals surface area (Å²) in [6.07, 6.45) is 0.511. The molecule has 0 aromatic heterocycles. The van der Waals surface area contributed by atoms with Gasteiger partial charge in [0.2, 0.25) is 0 Å². The molecule has 2 atom stereocenters. The molecule has 4 nitrogen and oxygen atoms in total. The van der Waals surface area contributed by atoms with E-state index >= 15 is 0 Å². The summed E-state index contributed by atoms with van der Waals surface area (Å²) in [5.41, 5.74) is 0.555. The van der Waals surface area contributed by atoms with Crippen LogP contribution in [-0.2, 0) is 4.79 Å². The Morgan fingerprint density at radius 2 is 1.84 bits per heavy atom. The van der Waals surface area contributed by atoms with E-state index in [1.807, 2.05) is 6.07 Å². The van der Waals surface area contributed by atoms with Crippen LogP contribution in [0.2, 0.25) is 0 Å². The Kier molecular flexibility index (Phi) is 4.30. The Balaban J connectivity index is 2.23. The molecule has 0 aliphatic carbocycles. The number of carbonyl (C=O) groups excluding carboxylic acids is 1. The first kappa shape index (κ1) is 14.5. The van der Waals surface area contributed by atoms with Crippen molar-refractivity contribution in [3.05, 3.63) is 32.7 Å². The maximum atomic E-state index is 12.4. The van der Waals surface area contributed by atoms with E-state index < -0.39 is 11.9 Å². The minimum Gasteiger partial charge on any atom is -0.481 e. The minimum absolute atomic E-state index is 0.127. The largest absolute Gasteiger partial charge is 0.481 e. The second-order valence-corrected chi connectivity index (χ2v) is 6.46. The third-order valence-electron chi connectivity index (χ3n) is 3.44. The van der Waals surface area contributed by atoms with E-state index in [0.29, 0.717) is 18.5 Å². The zero-order chi connectivity index (χ0) is 14.2. The van der Waals surface area contributed by atoms with Crippen LogP contribution < -0.4 is 0 Å². The van der Waals surface area contributed by atoms with Gasteiger partial charge in [-0.2, -0.15) is 0 Å². The van der Waals surface area contributed by atoms with Crippen molar-refractivity contribution in [3.8, 4) is 0 Å². The number of likely N-dealkylation sites (tertiary alicyclic amines) is 1. The number of nitrogens with zero attached hydrogens (tertiary/aromatic N) is 1. The van der Waals surface area contributed by atoms with Crippen LogP contribution in [0.5, 0.6) is 0 Å². The van der Waals surface area contributed by atoms with Gasteiger partial charge in [0.15, 0.2) is 0 Å². The topological polar surface area (TPSA) is 57.6 Å². The maximum Gasteiger partial charge on any atom is 0.308 e. The molecule has 1 saturated heterocycles. The van der Waals surface area contributed by atoms with Crippen LogP contribution in [0.15, 0.2) is 27.1 Å². The van der Waals surface area contributed by atoms with Gasteiger partial charge >= 0.3 is 5.97 Å². The summed E-state index contributed by atoms with van der Waals surface area (Å²) in [6, 6.07) is 5.06. The molecule has 1 heterocycles. The fourth-order valence-electron chi connectivity index (χ4n) is 2.40. The highest BCUT2D eigenvalue weighted by Gasteiger charge is 2.38. The number of aliphatic carboxylic acids is 1. The Morgan fingerprint density at radius 1 is 1.26 bits per heavy atom. The third kappa shape index (κ3) is 3.00. The Morgan fingerprint density at radius 3 is 2.32 bits per heavy atom. The molecule has 0 spiro atoms. The number of benzene rings is 1. The number of amides is 1. The predicted octanol–water partition coefficient (Wildman–Crippen LogP) is 3.15. The molecule has 1 aliphatic heterocycles. The van der Waals surface area contributed by atoms with Crippen LogP contribution in [0.25, 0.3) is 0 Å². The van der Waals surface area contributed by atoms with Crippen LogP contribution in [0.3, 0.4) is 0 Å². The van der Waals surface area contributed by atoms with Crippen LogP contribution in [0.4, 0.5) is 0 Å². The third-order valence-corrected chi connectivity index (χ3v) is 4.36. The summed E-state index contributed by atoms with van der Waals surface area (Å²) in [4.78, 5) is 25.1. The molecule has 0 bridgehead atoms. The number of carboxylic acid groups (broad SMARTS) is 1. The van der Waals surface area contributed by atoms with Gasteiger partial charge < -0.3 is 10.0 Å². The van der Waals surface area contributed by atoms with Gasteiger partial charge in [-0.15, -0.1) is 0 Å². The van der Waals surface area contributed by atoms with Crippen molar-refractivity contribution in [2.45, 2.75) is 19.4 Å². The first-order valence-corrected chi connectivity index (χ1v) is 7.48. The van der Waals surface area contributed by atoms with Crippen LogP contribution in [-0.4, -0.2) is 34.5 Å². The lowest BCUT2D eigenvalue weighted by Crippen LogP contribution is -2.37. The molecule has 2 rings (SSSR count). The molecule has 1 N–H and O–H groups in total. The summed E-state index contributed by atoms with van der Waals surface area (Å²) in [5, 5.41) is 9.09. The maximum absolute atomic E-state index is 12.4. The molecule has 1 aromatic carbocycles. The number of hydrogen-bond acceptors (Lipinski definition) is 2. The normalized spacial score (nSPS) is 22.6. The fourth-order valence-corrected chi connectivity index (χ4v) is 3.69. The first-order chi connectivity index (χ1) is 8.90. The van der Waals surface area contributed by atoms with Gasteiger partial charge in [0.25, 0.3) is 5.91 Å². The summed E-state index contributed by atoms with van der Waals surface area (Å²) in [7, 11) is 0. The molecule has 1 aliphatic rings. The molecule has 1 fully saturated rings. The van der Waals surface area contributed by atoms with Crippen molar-refractivity contribution >= 4 is 43.7 Å². The number of halogens is 2. The van der Waals surface area contributed by atoms with Gasteiger partial charge in [-0.05, 0) is 31.5 Å². The molecule has 0 saturated carbocycles. The van der Waals surface area contributed by atoms with E-state index in [1.165, 1.54) is 0 Å². The second-order valence-electron chi connectivity index (χ2n) is 4.63. The van der Waals surface area contributed by atoms with E-state index in [-0.39, 0.29) is 11.9 Å². The predicted molar refractivity (Wildman–Crippen MR) is 78.1 cm³/mol.